The van der Waals surface area contributed by atoms with Gasteiger partial charge >= 0.3 is 5.97 Å². The van der Waals surface area contributed by atoms with E-state index in [1.165, 1.54) is 0 Å². The second-order valence-electron chi connectivity index (χ2n) is 5.54. The number of aliphatic hydroxyl groups is 1. The van der Waals surface area contributed by atoms with Crippen molar-refractivity contribution in [2.24, 2.45) is 5.92 Å². The van der Waals surface area contributed by atoms with E-state index >= 15 is 0 Å². The zero-order valence-electron chi connectivity index (χ0n) is 11.8. The van der Waals surface area contributed by atoms with E-state index in [1.54, 1.807) is 11.3 Å². The minimum Gasteiger partial charge on any atom is -0.481 e. The Labute approximate surface area is 125 Å². The van der Waals surface area contributed by atoms with Gasteiger partial charge in [-0.3, -0.25) is 4.79 Å². The Kier molecular flexibility index (Phi) is 3.54. The van der Waals surface area contributed by atoms with Gasteiger partial charge in [-0.05, 0) is 37.6 Å². The molecule has 2 heterocycles. The lowest BCUT2D eigenvalue weighted by Crippen LogP contribution is -2.28. The van der Waals surface area contributed by atoms with Crippen molar-refractivity contribution < 1.29 is 15.0 Å². The molecule has 0 bridgehead atoms. The van der Waals surface area contributed by atoms with Crippen molar-refractivity contribution in [3.63, 3.8) is 0 Å². The summed E-state index contributed by atoms with van der Waals surface area (Å²) in [4.78, 5) is 20.8. The number of hydrogen-bond acceptors (Lipinski definition) is 6. The Morgan fingerprint density at radius 1 is 1.38 bits per heavy atom. The Morgan fingerprint density at radius 3 is 2.81 bits per heavy atom. The van der Waals surface area contributed by atoms with E-state index in [-0.39, 0.29) is 12.5 Å². The lowest BCUT2D eigenvalue weighted by molar-refractivity contribution is -0.141. The molecular weight excluding hydrogens is 290 g/mol. The molecule has 6 nitrogen and oxygen atoms in total. The highest BCUT2D eigenvalue weighted by atomic mass is 32.1. The van der Waals surface area contributed by atoms with Gasteiger partial charge in [0.2, 0.25) is 0 Å². The van der Waals surface area contributed by atoms with Crippen LogP contribution in [0.3, 0.4) is 0 Å². The van der Waals surface area contributed by atoms with Crippen molar-refractivity contribution in [2.45, 2.75) is 38.8 Å². The highest BCUT2D eigenvalue weighted by molar-refractivity contribution is 7.17. The summed E-state index contributed by atoms with van der Waals surface area (Å²) in [6, 6.07) is -0.289. The third kappa shape index (κ3) is 2.58. The predicted molar refractivity (Wildman–Crippen MR) is 80.7 cm³/mol. The fourth-order valence-corrected chi connectivity index (χ4v) is 3.81. The van der Waals surface area contributed by atoms with Crippen LogP contribution in [0.25, 0.3) is 10.2 Å². The summed E-state index contributed by atoms with van der Waals surface area (Å²) in [5, 5.41) is 25.3. The van der Waals surface area contributed by atoms with Crippen LogP contribution in [0, 0.1) is 19.8 Å². The molecule has 0 aromatic carbocycles. The number of carboxylic acids is 1. The van der Waals surface area contributed by atoms with Gasteiger partial charge in [0, 0.05) is 0 Å². The van der Waals surface area contributed by atoms with Gasteiger partial charge in [0.25, 0.3) is 0 Å². The SMILES string of the molecule is Cc1nc(NC2CC(C(=O)O)CC2O)c2c(C)csc2n1. The number of carbonyl (C=O) groups is 1. The maximum Gasteiger partial charge on any atom is 0.306 e. The second-order valence-corrected chi connectivity index (χ2v) is 6.40. The van der Waals surface area contributed by atoms with Gasteiger partial charge in [-0.2, -0.15) is 0 Å². The number of anilines is 1. The van der Waals surface area contributed by atoms with Crippen LogP contribution in [-0.2, 0) is 4.79 Å². The minimum absolute atomic E-state index is 0.281. The van der Waals surface area contributed by atoms with Crippen LogP contribution < -0.4 is 5.32 Å². The normalized spacial score (nSPS) is 25.4. The molecule has 3 rings (SSSR count). The van der Waals surface area contributed by atoms with E-state index in [9.17, 15) is 9.90 Å². The molecule has 3 N–H and O–H groups in total. The molecule has 21 heavy (non-hydrogen) atoms. The summed E-state index contributed by atoms with van der Waals surface area (Å²) < 4.78 is 0. The number of nitrogens with one attached hydrogen (secondary N) is 1. The van der Waals surface area contributed by atoms with Crippen molar-refractivity contribution >= 4 is 33.3 Å². The molecule has 112 valence electrons. The quantitative estimate of drug-likeness (QED) is 0.802. The highest BCUT2D eigenvalue weighted by Crippen LogP contribution is 2.33. The smallest absolute Gasteiger partial charge is 0.306 e. The molecule has 1 aliphatic rings. The lowest BCUT2D eigenvalue weighted by atomic mass is 10.1. The lowest BCUT2D eigenvalue weighted by Gasteiger charge is -2.18. The standard InChI is InChI=1S/C14H17N3O3S/c1-6-5-21-13-11(6)12(15-7(2)16-13)17-9-3-8(14(19)20)4-10(9)18/h5,8-10,18H,3-4H2,1-2H3,(H,19,20)(H,15,16,17). The topological polar surface area (TPSA) is 95.3 Å². The van der Waals surface area contributed by atoms with Gasteiger partial charge in [0.15, 0.2) is 0 Å². The average molecular weight is 307 g/mol. The Balaban J connectivity index is 1.91. The number of nitrogens with zero attached hydrogens (tertiary/aromatic N) is 2. The van der Waals surface area contributed by atoms with Crippen LogP contribution in [0.4, 0.5) is 5.82 Å². The number of aliphatic carboxylic acids is 1. The molecule has 7 heteroatoms. The molecule has 1 fully saturated rings. The van der Waals surface area contributed by atoms with E-state index in [0.29, 0.717) is 18.1 Å². The zero-order valence-corrected chi connectivity index (χ0v) is 12.6. The van der Waals surface area contributed by atoms with Gasteiger partial charge in [-0.15, -0.1) is 11.3 Å². The molecule has 0 saturated heterocycles. The van der Waals surface area contributed by atoms with Crippen LogP contribution in [0.5, 0.6) is 0 Å². The molecule has 3 atom stereocenters. The van der Waals surface area contributed by atoms with Crippen molar-refractivity contribution in [2.75, 3.05) is 5.32 Å². The molecule has 2 aromatic rings. The third-order valence-corrected chi connectivity index (χ3v) is 4.92. The van der Waals surface area contributed by atoms with Crippen molar-refractivity contribution in [1.29, 1.82) is 0 Å². The first-order valence-corrected chi connectivity index (χ1v) is 7.73. The molecule has 2 aromatic heterocycles. The molecule has 3 unspecified atom stereocenters. The molecule has 1 aliphatic carbocycles. The summed E-state index contributed by atoms with van der Waals surface area (Å²) in [7, 11) is 0. The van der Waals surface area contributed by atoms with Gasteiger partial charge < -0.3 is 15.5 Å². The first-order valence-electron chi connectivity index (χ1n) is 6.85. The highest BCUT2D eigenvalue weighted by Gasteiger charge is 2.37. The number of fused-ring (bicyclic) bond motifs is 1. The zero-order chi connectivity index (χ0) is 15.1. The third-order valence-electron chi connectivity index (χ3n) is 3.93. The van der Waals surface area contributed by atoms with E-state index in [0.717, 1.165) is 15.8 Å². The number of thiophene rings is 1. The van der Waals surface area contributed by atoms with Gasteiger partial charge in [-0.1, -0.05) is 0 Å². The Hall–Kier alpha value is -1.73. The molecular formula is C14H17N3O3S. The monoisotopic (exact) mass is 307 g/mol. The first kappa shape index (κ1) is 14.2. The molecule has 0 radical (unpaired) electrons. The van der Waals surface area contributed by atoms with Crippen molar-refractivity contribution in [3.05, 3.63) is 16.8 Å². The summed E-state index contributed by atoms with van der Waals surface area (Å²) in [5.74, 6) is -0.00552. The first-order chi connectivity index (χ1) is 9.95. The number of aromatic nitrogens is 2. The number of rotatable bonds is 3. The number of aryl methyl sites for hydroxylation is 2. The summed E-state index contributed by atoms with van der Waals surface area (Å²) in [5.41, 5.74) is 1.08. The molecule has 0 spiro atoms. The largest absolute Gasteiger partial charge is 0.481 e. The van der Waals surface area contributed by atoms with E-state index in [2.05, 4.69) is 15.3 Å². The van der Waals surface area contributed by atoms with E-state index in [4.69, 9.17) is 5.11 Å². The van der Waals surface area contributed by atoms with E-state index in [1.807, 2.05) is 19.2 Å². The Morgan fingerprint density at radius 2 is 2.14 bits per heavy atom. The van der Waals surface area contributed by atoms with Crippen molar-refractivity contribution in [3.8, 4) is 0 Å². The van der Waals surface area contributed by atoms with Crippen LogP contribution in [0.2, 0.25) is 0 Å². The fourth-order valence-electron chi connectivity index (χ4n) is 2.84. The van der Waals surface area contributed by atoms with Crippen molar-refractivity contribution in [1.82, 2.24) is 9.97 Å². The molecule has 0 amide bonds. The summed E-state index contributed by atoms with van der Waals surface area (Å²) in [6.45, 7) is 3.82. The van der Waals surface area contributed by atoms with Gasteiger partial charge in [-0.25, -0.2) is 9.97 Å². The number of carboxylic acid groups (broad SMARTS) is 1. The summed E-state index contributed by atoms with van der Waals surface area (Å²) in [6.07, 6.45) is 0.0166. The van der Waals surface area contributed by atoms with Gasteiger partial charge in [0.1, 0.15) is 16.5 Å². The maximum atomic E-state index is 11.1. The summed E-state index contributed by atoms with van der Waals surface area (Å²) >= 11 is 1.56. The second kappa shape index (κ2) is 5.23. The number of hydrogen-bond donors (Lipinski definition) is 3. The Bertz CT molecular complexity index is 700. The fraction of sp³-hybridized carbons (Fsp3) is 0.500. The minimum atomic E-state index is -0.853. The van der Waals surface area contributed by atoms with Crippen LogP contribution in [0.1, 0.15) is 24.2 Å². The van der Waals surface area contributed by atoms with Crippen LogP contribution in [-0.4, -0.2) is 38.3 Å². The number of aliphatic hydroxyl groups excluding tert-OH is 1. The molecule has 0 aliphatic heterocycles. The average Bonchev–Trinajstić information content (AvgIpc) is 2.94. The maximum absolute atomic E-state index is 11.1. The van der Waals surface area contributed by atoms with Crippen LogP contribution >= 0.6 is 11.3 Å². The molecule has 1 saturated carbocycles. The van der Waals surface area contributed by atoms with E-state index < -0.39 is 18.0 Å². The van der Waals surface area contributed by atoms with Gasteiger partial charge in [0.05, 0.1) is 23.4 Å². The van der Waals surface area contributed by atoms with Crippen LogP contribution in [0.15, 0.2) is 5.38 Å². The predicted octanol–water partition coefficient (Wildman–Crippen LogP) is 1.94.